The third-order valence-electron chi connectivity index (χ3n) is 4.02. The Morgan fingerprint density at radius 3 is 2.48 bits per heavy atom. The largest absolute Gasteiger partial charge is 0.342 e. The molecular weight excluding hydrogens is 271 g/mol. The van der Waals surface area contributed by atoms with E-state index in [0.29, 0.717) is 0 Å². The van der Waals surface area contributed by atoms with Crippen molar-refractivity contribution in [2.24, 2.45) is 0 Å². The summed E-state index contributed by atoms with van der Waals surface area (Å²) in [6.45, 7) is 0. The third kappa shape index (κ3) is 2.46. The molecule has 0 bridgehead atoms. The molecule has 0 unspecified atom stereocenters. The SMILES string of the molecule is O=C(NC1(c2ccc(F)cc2)CCC1)c1ccc[nH]c1=O. The Labute approximate surface area is 121 Å². The van der Waals surface area contributed by atoms with Gasteiger partial charge in [-0.05, 0) is 49.1 Å². The van der Waals surface area contributed by atoms with E-state index in [9.17, 15) is 14.0 Å². The number of aromatic amines is 1. The van der Waals surface area contributed by atoms with Crippen molar-refractivity contribution in [3.8, 4) is 0 Å². The van der Waals surface area contributed by atoms with E-state index in [2.05, 4.69) is 10.3 Å². The molecule has 1 aliphatic carbocycles. The maximum Gasteiger partial charge on any atom is 0.260 e. The number of carbonyl (C=O) groups excluding carboxylic acids is 1. The van der Waals surface area contributed by atoms with Crippen molar-refractivity contribution in [2.45, 2.75) is 24.8 Å². The van der Waals surface area contributed by atoms with Crippen LogP contribution >= 0.6 is 0 Å². The number of pyridine rings is 1. The van der Waals surface area contributed by atoms with Crippen LogP contribution < -0.4 is 10.9 Å². The highest BCUT2D eigenvalue weighted by Gasteiger charge is 2.40. The maximum absolute atomic E-state index is 13.0. The first-order valence-corrected chi connectivity index (χ1v) is 6.87. The van der Waals surface area contributed by atoms with Gasteiger partial charge in [0.05, 0.1) is 5.54 Å². The molecule has 4 nitrogen and oxygen atoms in total. The van der Waals surface area contributed by atoms with E-state index < -0.39 is 17.0 Å². The van der Waals surface area contributed by atoms with Crippen LogP contribution in [0.25, 0.3) is 0 Å². The van der Waals surface area contributed by atoms with Gasteiger partial charge in [-0.2, -0.15) is 0 Å². The summed E-state index contributed by atoms with van der Waals surface area (Å²) in [6.07, 6.45) is 4.05. The van der Waals surface area contributed by atoms with E-state index in [4.69, 9.17) is 0 Å². The second kappa shape index (κ2) is 5.16. The van der Waals surface area contributed by atoms with E-state index in [0.717, 1.165) is 24.8 Å². The molecule has 0 atom stereocenters. The first-order valence-electron chi connectivity index (χ1n) is 6.87. The number of hydrogen-bond donors (Lipinski definition) is 2. The zero-order chi connectivity index (χ0) is 14.9. The molecule has 1 aliphatic rings. The van der Waals surface area contributed by atoms with E-state index in [1.54, 1.807) is 18.2 Å². The maximum atomic E-state index is 13.0. The van der Waals surface area contributed by atoms with Gasteiger partial charge >= 0.3 is 0 Å². The average Bonchev–Trinajstić information content (AvgIpc) is 2.44. The molecule has 108 valence electrons. The predicted molar refractivity (Wildman–Crippen MR) is 76.5 cm³/mol. The van der Waals surface area contributed by atoms with E-state index in [1.165, 1.54) is 24.4 Å². The Balaban J connectivity index is 1.88. The number of nitrogens with one attached hydrogen (secondary N) is 2. The molecule has 2 N–H and O–H groups in total. The summed E-state index contributed by atoms with van der Waals surface area (Å²) in [5, 5.41) is 2.94. The molecule has 0 aliphatic heterocycles. The number of benzene rings is 1. The summed E-state index contributed by atoms with van der Waals surface area (Å²) in [7, 11) is 0. The molecule has 1 aromatic carbocycles. The quantitative estimate of drug-likeness (QED) is 0.909. The zero-order valence-electron chi connectivity index (χ0n) is 11.4. The average molecular weight is 286 g/mol. The van der Waals surface area contributed by atoms with Crippen LogP contribution in [0.4, 0.5) is 4.39 Å². The summed E-state index contributed by atoms with van der Waals surface area (Å²) >= 11 is 0. The first-order chi connectivity index (χ1) is 10.1. The number of rotatable bonds is 3. The van der Waals surface area contributed by atoms with Crippen molar-refractivity contribution in [1.82, 2.24) is 10.3 Å². The number of halogens is 1. The standard InChI is InChI=1S/C16H15FN2O2/c17-12-6-4-11(5-7-12)16(8-2-9-16)19-15(21)13-3-1-10-18-14(13)20/h1,3-7,10H,2,8-9H2,(H,18,20)(H,19,21). The summed E-state index contributed by atoms with van der Waals surface area (Å²) in [4.78, 5) is 26.5. The summed E-state index contributed by atoms with van der Waals surface area (Å²) in [6, 6.07) is 9.24. The van der Waals surface area contributed by atoms with Crippen LogP contribution in [-0.4, -0.2) is 10.9 Å². The molecule has 1 aromatic heterocycles. The molecule has 1 saturated carbocycles. The lowest BCUT2D eigenvalue weighted by atomic mass is 9.71. The van der Waals surface area contributed by atoms with Crippen molar-refractivity contribution >= 4 is 5.91 Å². The predicted octanol–water partition coefficient (Wildman–Crippen LogP) is 2.32. The second-order valence-corrected chi connectivity index (χ2v) is 5.31. The number of carbonyl (C=O) groups is 1. The molecule has 1 heterocycles. The van der Waals surface area contributed by atoms with Gasteiger partial charge in [0.1, 0.15) is 11.4 Å². The van der Waals surface area contributed by atoms with Crippen molar-refractivity contribution in [3.63, 3.8) is 0 Å². The van der Waals surface area contributed by atoms with E-state index in [-0.39, 0.29) is 11.4 Å². The Morgan fingerprint density at radius 1 is 1.19 bits per heavy atom. The Hall–Kier alpha value is -2.43. The lowest BCUT2D eigenvalue weighted by Crippen LogP contribution is -2.51. The number of H-pyrrole nitrogens is 1. The fourth-order valence-corrected chi connectivity index (χ4v) is 2.67. The lowest BCUT2D eigenvalue weighted by Gasteiger charge is -2.43. The summed E-state index contributed by atoms with van der Waals surface area (Å²) in [5.74, 6) is -0.708. The fourth-order valence-electron chi connectivity index (χ4n) is 2.67. The van der Waals surface area contributed by atoms with Crippen LogP contribution in [0.1, 0.15) is 35.2 Å². The molecule has 0 spiro atoms. The molecule has 3 rings (SSSR count). The van der Waals surface area contributed by atoms with Crippen LogP contribution in [0.3, 0.4) is 0 Å². The second-order valence-electron chi connectivity index (χ2n) is 5.31. The minimum Gasteiger partial charge on any atom is -0.342 e. The number of hydrogen-bond acceptors (Lipinski definition) is 2. The van der Waals surface area contributed by atoms with Crippen LogP contribution in [0.2, 0.25) is 0 Å². The van der Waals surface area contributed by atoms with Crippen molar-refractivity contribution < 1.29 is 9.18 Å². The summed E-state index contributed by atoms with van der Waals surface area (Å²) in [5.41, 5.74) is 0.0536. The minimum absolute atomic E-state index is 0.0888. The van der Waals surface area contributed by atoms with Gasteiger partial charge in [-0.15, -0.1) is 0 Å². The highest BCUT2D eigenvalue weighted by Crippen LogP contribution is 2.41. The van der Waals surface area contributed by atoms with Gasteiger partial charge in [0.2, 0.25) is 0 Å². The molecule has 0 radical (unpaired) electrons. The number of amides is 1. The molecular formula is C16H15FN2O2. The van der Waals surface area contributed by atoms with Gasteiger partial charge in [0.15, 0.2) is 0 Å². The normalized spacial score (nSPS) is 16.0. The number of aromatic nitrogens is 1. The van der Waals surface area contributed by atoms with Gasteiger partial charge in [-0.25, -0.2) is 4.39 Å². The Morgan fingerprint density at radius 2 is 1.90 bits per heavy atom. The molecule has 21 heavy (non-hydrogen) atoms. The molecule has 5 heteroatoms. The lowest BCUT2D eigenvalue weighted by molar-refractivity contribution is 0.0821. The van der Waals surface area contributed by atoms with Gasteiger partial charge < -0.3 is 10.3 Å². The fraction of sp³-hybridized carbons (Fsp3) is 0.250. The van der Waals surface area contributed by atoms with Gasteiger partial charge in [-0.3, -0.25) is 9.59 Å². The van der Waals surface area contributed by atoms with Gasteiger partial charge in [-0.1, -0.05) is 12.1 Å². The highest BCUT2D eigenvalue weighted by molar-refractivity contribution is 5.94. The van der Waals surface area contributed by atoms with Crippen LogP contribution in [-0.2, 0) is 5.54 Å². The molecule has 1 fully saturated rings. The van der Waals surface area contributed by atoms with Gasteiger partial charge in [0, 0.05) is 6.20 Å². The monoisotopic (exact) mass is 286 g/mol. The van der Waals surface area contributed by atoms with Crippen molar-refractivity contribution in [2.75, 3.05) is 0 Å². The van der Waals surface area contributed by atoms with Crippen molar-refractivity contribution in [1.29, 1.82) is 0 Å². The Bertz CT molecular complexity index is 718. The molecule has 2 aromatic rings. The third-order valence-corrected chi connectivity index (χ3v) is 4.02. The minimum atomic E-state index is -0.493. The van der Waals surface area contributed by atoms with Crippen LogP contribution in [0.15, 0.2) is 47.4 Å². The smallest absolute Gasteiger partial charge is 0.260 e. The van der Waals surface area contributed by atoms with E-state index >= 15 is 0 Å². The van der Waals surface area contributed by atoms with Crippen LogP contribution in [0, 0.1) is 5.82 Å². The topological polar surface area (TPSA) is 62.0 Å². The zero-order valence-corrected chi connectivity index (χ0v) is 11.4. The molecule has 1 amide bonds. The van der Waals surface area contributed by atoms with Crippen molar-refractivity contribution in [3.05, 3.63) is 69.9 Å². The van der Waals surface area contributed by atoms with Gasteiger partial charge in [0.25, 0.3) is 11.5 Å². The Kier molecular flexibility index (Phi) is 3.33. The summed E-state index contributed by atoms with van der Waals surface area (Å²) < 4.78 is 13.0. The molecule has 0 saturated heterocycles. The van der Waals surface area contributed by atoms with E-state index in [1.807, 2.05) is 0 Å². The highest BCUT2D eigenvalue weighted by atomic mass is 19.1. The first kappa shape index (κ1) is 13.5. The van der Waals surface area contributed by atoms with Crippen LogP contribution in [0.5, 0.6) is 0 Å².